The van der Waals surface area contributed by atoms with Gasteiger partial charge in [0.1, 0.15) is 0 Å². The number of aromatic nitrogens is 1. The van der Waals surface area contributed by atoms with E-state index in [1.165, 1.54) is 0 Å². The molecule has 1 saturated heterocycles. The van der Waals surface area contributed by atoms with Gasteiger partial charge in [-0.15, -0.1) is 0 Å². The van der Waals surface area contributed by atoms with Crippen molar-refractivity contribution in [3.8, 4) is 0 Å². The van der Waals surface area contributed by atoms with Crippen LogP contribution >= 0.6 is 0 Å². The van der Waals surface area contributed by atoms with Crippen molar-refractivity contribution in [3.63, 3.8) is 0 Å². The number of carbonyl (C=O) groups is 1. The molecule has 1 fully saturated rings. The minimum atomic E-state index is 0.0896. The van der Waals surface area contributed by atoms with E-state index >= 15 is 0 Å². The maximum Gasteiger partial charge on any atom is 0.224 e. The van der Waals surface area contributed by atoms with Crippen molar-refractivity contribution in [2.75, 3.05) is 32.8 Å². The Morgan fingerprint density at radius 3 is 2.72 bits per heavy atom. The molecule has 5 nitrogen and oxygen atoms in total. The third kappa shape index (κ3) is 4.22. The van der Waals surface area contributed by atoms with Crippen LogP contribution in [0, 0.1) is 12.8 Å². The number of morpholine rings is 1. The van der Waals surface area contributed by atoms with E-state index in [9.17, 15) is 4.79 Å². The minimum Gasteiger partial charge on any atom is -0.379 e. The summed E-state index contributed by atoms with van der Waals surface area (Å²) in [6.07, 6.45) is 0.420. The summed E-state index contributed by atoms with van der Waals surface area (Å²) in [5, 5.41) is 4.30. The van der Waals surface area contributed by atoms with Crippen LogP contribution in [0.15, 0.2) is 24.3 Å². The zero-order valence-corrected chi connectivity index (χ0v) is 15.5. The number of nitrogens with zero attached hydrogens (tertiary/aromatic N) is 1. The Balaban J connectivity index is 1.62. The predicted molar refractivity (Wildman–Crippen MR) is 101 cm³/mol. The van der Waals surface area contributed by atoms with Crippen LogP contribution in [0.2, 0.25) is 0 Å². The summed E-state index contributed by atoms with van der Waals surface area (Å²) in [5.74, 6) is 0.583. The minimum absolute atomic E-state index is 0.0896. The largest absolute Gasteiger partial charge is 0.379 e. The van der Waals surface area contributed by atoms with Crippen LogP contribution in [0.1, 0.15) is 25.1 Å². The summed E-state index contributed by atoms with van der Waals surface area (Å²) in [4.78, 5) is 18.3. The molecule has 5 heteroatoms. The van der Waals surface area contributed by atoms with Crippen LogP contribution in [-0.4, -0.2) is 54.7 Å². The van der Waals surface area contributed by atoms with Gasteiger partial charge in [-0.05, 0) is 24.5 Å². The second-order valence-electron chi connectivity index (χ2n) is 7.21. The van der Waals surface area contributed by atoms with Crippen molar-refractivity contribution in [1.82, 2.24) is 15.2 Å². The van der Waals surface area contributed by atoms with Crippen molar-refractivity contribution >= 4 is 16.8 Å². The maximum atomic E-state index is 12.5. The van der Waals surface area contributed by atoms with Crippen molar-refractivity contribution in [2.45, 2.75) is 33.2 Å². The Labute approximate surface area is 149 Å². The summed E-state index contributed by atoms with van der Waals surface area (Å²) < 4.78 is 5.45. The molecule has 0 bridgehead atoms. The highest BCUT2D eigenvalue weighted by Crippen LogP contribution is 2.22. The van der Waals surface area contributed by atoms with Gasteiger partial charge in [0.15, 0.2) is 0 Å². The summed E-state index contributed by atoms with van der Waals surface area (Å²) >= 11 is 0. The number of fused-ring (bicyclic) bond motifs is 1. The second-order valence-corrected chi connectivity index (χ2v) is 7.21. The SMILES string of the molecule is Cc1[nH]c2ccccc2c1CC(=O)NC[C@H](C(C)C)N1CCOCC1. The van der Waals surface area contributed by atoms with Gasteiger partial charge >= 0.3 is 0 Å². The van der Waals surface area contributed by atoms with Gasteiger partial charge in [-0.25, -0.2) is 0 Å². The van der Waals surface area contributed by atoms with Crippen molar-refractivity contribution < 1.29 is 9.53 Å². The van der Waals surface area contributed by atoms with E-state index in [2.05, 4.69) is 41.2 Å². The average molecular weight is 343 g/mol. The van der Waals surface area contributed by atoms with Gasteiger partial charge in [0.25, 0.3) is 0 Å². The number of amides is 1. The summed E-state index contributed by atoms with van der Waals surface area (Å²) in [7, 11) is 0. The molecule has 3 rings (SSSR count). The lowest BCUT2D eigenvalue weighted by molar-refractivity contribution is -0.120. The lowest BCUT2D eigenvalue weighted by Gasteiger charge is -2.36. The number of nitrogens with one attached hydrogen (secondary N) is 2. The molecule has 2 N–H and O–H groups in total. The van der Waals surface area contributed by atoms with Gasteiger partial charge in [-0.3, -0.25) is 9.69 Å². The summed E-state index contributed by atoms with van der Waals surface area (Å²) in [6, 6.07) is 8.52. The molecule has 0 radical (unpaired) electrons. The normalized spacial score (nSPS) is 17.1. The molecule has 2 heterocycles. The molecule has 0 saturated carbocycles. The molecule has 1 aromatic heterocycles. The van der Waals surface area contributed by atoms with Crippen molar-refractivity contribution in [2.24, 2.45) is 5.92 Å². The Kier molecular flexibility index (Phi) is 5.76. The Morgan fingerprint density at radius 1 is 1.28 bits per heavy atom. The van der Waals surface area contributed by atoms with E-state index < -0.39 is 0 Å². The van der Waals surface area contributed by atoms with Crippen LogP contribution in [0.5, 0.6) is 0 Å². The molecule has 1 aliphatic rings. The molecule has 136 valence electrons. The third-order valence-corrected chi connectivity index (χ3v) is 5.16. The second kappa shape index (κ2) is 8.02. The van der Waals surface area contributed by atoms with E-state index in [0.29, 0.717) is 24.9 Å². The first-order chi connectivity index (χ1) is 12.1. The van der Waals surface area contributed by atoms with Crippen LogP contribution in [0.3, 0.4) is 0 Å². The number of para-hydroxylation sites is 1. The van der Waals surface area contributed by atoms with E-state index in [4.69, 9.17) is 4.74 Å². The predicted octanol–water partition coefficient (Wildman–Crippen LogP) is 2.49. The Bertz CT molecular complexity index is 717. The van der Waals surface area contributed by atoms with Gasteiger partial charge in [-0.2, -0.15) is 0 Å². The highest BCUT2D eigenvalue weighted by molar-refractivity contribution is 5.90. The fourth-order valence-corrected chi connectivity index (χ4v) is 3.70. The van der Waals surface area contributed by atoms with Gasteiger partial charge in [0.05, 0.1) is 19.6 Å². The molecule has 2 aromatic rings. The third-order valence-electron chi connectivity index (χ3n) is 5.16. The quantitative estimate of drug-likeness (QED) is 0.847. The monoisotopic (exact) mass is 343 g/mol. The summed E-state index contributed by atoms with van der Waals surface area (Å²) in [5.41, 5.74) is 3.27. The number of benzene rings is 1. The van der Waals surface area contributed by atoms with E-state index in [0.717, 1.165) is 48.5 Å². The van der Waals surface area contributed by atoms with Gasteiger partial charge in [0.2, 0.25) is 5.91 Å². The number of hydrogen-bond acceptors (Lipinski definition) is 3. The highest BCUT2D eigenvalue weighted by atomic mass is 16.5. The number of ether oxygens (including phenoxy) is 1. The number of hydrogen-bond donors (Lipinski definition) is 2. The Morgan fingerprint density at radius 2 is 2.00 bits per heavy atom. The number of aryl methyl sites for hydroxylation is 1. The smallest absolute Gasteiger partial charge is 0.224 e. The average Bonchev–Trinajstić information content (AvgIpc) is 2.91. The van der Waals surface area contributed by atoms with Gasteiger partial charge in [-0.1, -0.05) is 32.0 Å². The molecule has 1 atom stereocenters. The fourth-order valence-electron chi connectivity index (χ4n) is 3.70. The van der Waals surface area contributed by atoms with Crippen molar-refractivity contribution in [3.05, 3.63) is 35.5 Å². The molecule has 0 unspecified atom stereocenters. The standard InChI is InChI=1S/C20H29N3O2/c1-14(2)19(23-8-10-25-11-9-23)13-21-20(24)12-17-15(3)22-18-7-5-4-6-16(17)18/h4-7,14,19,22H,8-13H2,1-3H3,(H,21,24)/t19-/m1/s1. The fraction of sp³-hybridized carbons (Fsp3) is 0.550. The molecule has 25 heavy (non-hydrogen) atoms. The lowest BCUT2D eigenvalue weighted by atomic mass is 10.0. The Hall–Kier alpha value is -1.85. The highest BCUT2D eigenvalue weighted by Gasteiger charge is 2.24. The van der Waals surface area contributed by atoms with E-state index in [-0.39, 0.29) is 5.91 Å². The molecule has 1 amide bonds. The summed E-state index contributed by atoms with van der Waals surface area (Å²) in [6.45, 7) is 10.6. The number of H-pyrrole nitrogens is 1. The van der Waals surface area contributed by atoms with Gasteiger partial charge < -0.3 is 15.0 Å². The zero-order valence-electron chi connectivity index (χ0n) is 15.5. The number of rotatable bonds is 6. The van der Waals surface area contributed by atoms with Crippen LogP contribution in [-0.2, 0) is 16.0 Å². The molecule has 0 aliphatic carbocycles. The van der Waals surface area contributed by atoms with Gasteiger partial charge in [0, 0.05) is 42.3 Å². The lowest BCUT2D eigenvalue weighted by Crippen LogP contribution is -2.51. The van der Waals surface area contributed by atoms with Crippen LogP contribution < -0.4 is 5.32 Å². The first-order valence-electron chi connectivity index (χ1n) is 9.21. The molecule has 0 spiro atoms. The first-order valence-corrected chi connectivity index (χ1v) is 9.21. The molecular formula is C20H29N3O2. The van der Waals surface area contributed by atoms with E-state index in [1.807, 2.05) is 19.1 Å². The number of aromatic amines is 1. The van der Waals surface area contributed by atoms with Crippen LogP contribution in [0.4, 0.5) is 0 Å². The molecule has 1 aliphatic heterocycles. The zero-order chi connectivity index (χ0) is 17.8. The van der Waals surface area contributed by atoms with Crippen molar-refractivity contribution in [1.29, 1.82) is 0 Å². The molecule has 1 aromatic carbocycles. The number of carbonyl (C=O) groups excluding carboxylic acids is 1. The van der Waals surface area contributed by atoms with E-state index in [1.54, 1.807) is 0 Å². The molecular weight excluding hydrogens is 314 g/mol. The topological polar surface area (TPSA) is 57.4 Å². The van der Waals surface area contributed by atoms with Crippen LogP contribution in [0.25, 0.3) is 10.9 Å². The first kappa shape index (κ1) is 18.0. The maximum absolute atomic E-state index is 12.5.